The van der Waals surface area contributed by atoms with Crippen LogP contribution in [0.15, 0.2) is 35.4 Å². The van der Waals surface area contributed by atoms with E-state index in [9.17, 15) is 9.59 Å². The molecule has 0 amide bonds. The number of ether oxygens (including phenoxy) is 1. The van der Waals surface area contributed by atoms with Gasteiger partial charge in [-0.15, -0.1) is 0 Å². The second-order valence-corrected chi connectivity index (χ2v) is 7.05. The second-order valence-electron chi connectivity index (χ2n) is 4.68. The van der Waals surface area contributed by atoms with Gasteiger partial charge in [0.2, 0.25) is 3.79 Å². The second kappa shape index (κ2) is 6.86. The molecule has 0 bridgehead atoms. The maximum absolute atomic E-state index is 12.2. The van der Waals surface area contributed by atoms with Crippen LogP contribution in [-0.2, 0) is 16.1 Å². The zero-order valence-electron chi connectivity index (χ0n) is 11.6. The van der Waals surface area contributed by atoms with Crippen molar-refractivity contribution in [3.8, 4) is 0 Å². The third-order valence-corrected chi connectivity index (χ3v) is 3.98. The van der Waals surface area contributed by atoms with Crippen molar-refractivity contribution >= 4 is 51.7 Å². The fourth-order valence-corrected chi connectivity index (χ4v) is 1.93. The molecular formula is C14H13Cl3N2O3. The first-order chi connectivity index (χ1) is 10.3. The van der Waals surface area contributed by atoms with E-state index in [4.69, 9.17) is 39.5 Å². The summed E-state index contributed by atoms with van der Waals surface area (Å²) >= 11 is 16.9. The first-order valence-corrected chi connectivity index (χ1v) is 7.63. The van der Waals surface area contributed by atoms with Crippen molar-refractivity contribution in [1.29, 1.82) is 0 Å². The molecule has 2 aromatic rings. The monoisotopic (exact) mass is 362 g/mol. The molecule has 0 aliphatic rings. The summed E-state index contributed by atoms with van der Waals surface area (Å²) < 4.78 is 4.66. The molecule has 0 saturated heterocycles. The van der Waals surface area contributed by atoms with Crippen molar-refractivity contribution in [2.24, 2.45) is 0 Å². The summed E-state index contributed by atoms with van der Waals surface area (Å²) in [7, 11) is 0. The summed E-state index contributed by atoms with van der Waals surface area (Å²) in [6.45, 7) is 1.62. The number of carbonyl (C=O) groups excluding carboxylic acids is 1. The van der Waals surface area contributed by atoms with Crippen LogP contribution in [0.1, 0.15) is 13.3 Å². The first-order valence-electron chi connectivity index (χ1n) is 6.49. The summed E-state index contributed by atoms with van der Waals surface area (Å²) in [6, 6.07) is 6.99. The Labute approximate surface area is 141 Å². The maximum Gasteiger partial charge on any atom is 0.308 e. The highest BCUT2D eigenvalue weighted by atomic mass is 35.6. The van der Waals surface area contributed by atoms with Crippen LogP contribution in [0.3, 0.4) is 0 Å². The molecule has 1 atom stereocenters. The number of fused-ring (bicyclic) bond motifs is 1. The van der Waals surface area contributed by atoms with Crippen LogP contribution in [-0.4, -0.2) is 25.4 Å². The normalized spacial score (nSPS) is 13.1. The van der Waals surface area contributed by atoms with Gasteiger partial charge >= 0.3 is 5.97 Å². The van der Waals surface area contributed by atoms with E-state index in [1.165, 1.54) is 17.8 Å². The Morgan fingerprint density at radius 3 is 2.73 bits per heavy atom. The van der Waals surface area contributed by atoms with Gasteiger partial charge < -0.3 is 4.74 Å². The lowest BCUT2D eigenvalue weighted by atomic mass is 10.2. The number of carbonyl (C=O) groups is 1. The zero-order chi connectivity index (χ0) is 16.3. The Hall–Kier alpha value is -1.30. The highest BCUT2D eigenvalue weighted by Gasteiger charge is 2.31. The number of esters is 1. The summed E-state index contributed by atoms with van der Waals surface area (Å²) in [4.78, 5) is 28.1. The van der Waals surface area contributed by atoms with Crippen molar-refractivity contribution < 1.29 is 9.53 Å². The van der Waals surface area contributed by atoms with Crippen molar-refractivity contribution in [3.05, 3.63) is 40.9 Å². The van der Waals surface area contributed by atoms with Gasteiger partial charge in [0.05, 0.1) is 23.7 Å². The molecule has 0 aliphatic carbocycles. The highest BCUT2D eigenvalue weighted by molar-refractivity contribution is 6.68. The van der Waals surface area contributed by atoms with Gasteiger partial charge in [0.1, 0.15) is 6.10 Å². The van der Waals surface area contributed by atoms with Crippen LogP contribution in [0.25, 0.3) is 10.9 Å². The van der Waals surface area contributed by atoms with E-state index in [0.29, 0.717) is 10.9 Å². The molecule has 22 heavy (non-hydrogen) atoms. The molecule has 5 nitrogen and oxygen atoms in total. The summed E-state index contributed by atoms with van der Waals surface area (Å²) in [6.07, 6.45) is 0.498. The van der Waals surface area contributed by atoms with Gasteiger partial charge in [-0.3, -0.25) is 14.2 Å². The smallest absolute Gasteiger partial charge is 0.308 e. The molecular weight excluding hydrogens is 351 g/mol. The lowest BCUT2D eigenvalue weighted by molar-refractivity contribution is -0.148. The number of benzene rings is 1. The molecule has 0 saturated carbocycles. The summed E-state index contributed by atoms with van der Waals surface area (Å²) in [5, 5.41) is 0.494. The number of para-hydroxylation sites is 1. The van der Waals surface area contributed by atoms with Crippen molar-refractivity contribution in [3.63, 3.8) is 0 Å². The number of hydrogen-bond acceptors (Lipinski definition) is 4. The van der Waals surface area contributed by atoms with Gasteiger partial charge in [0, 0.05) is 6.54 Å². The van der Waals surface area contributed by atoms with Gasteiger partial charge in [-0.1, -0.05) is 46.9 Å². The number of nitrogens with zero attached hydrogens (tertiary/aromatic N) is 2. The molecule has 0 spiro atoms. The minimum Gasteiger partial charge on any atom is -0.458 e. The largest absolute Gasteiger partial charge is 0.458 e. The molecule has 2 rings (SSSR count). The SMILES string of the molecule is CC(OC(=O)CCn1cnc2ccccc2c1=O)C(Cl)(Cl)Cl. The Balaban J connectivity index is 2.05. The number of aryl methyl sites for hydroxylation is 1. The average Bonchev–Trinajstić information content (AvgIpc) is 2.46. The summed E-state index contributed by atoms with van der Waals surface area (Å²) in [5.74, 6) is -0.557. The number of rotatable bonds is 4. The van der Waals surface area contributed by atoms with Gasteiger partial charge in [-0.25, -0.2) is 4.98 Å². The number of hydrogen-bond donors (Lipinski definition) is 0. The number of alkyl halides is 3. The van der Waals surface area contributed by atoms with Crippen LogP contribution in [0, 0.1) is 0 Å². The molecule has 0 N–H and O–H groups in total. The Bertz CT molecular complexity index is 740. The van der Waals surface area contributed by atoms with Gasteiger partial charge in [0.25, 0.3) is 5.56 Å². The van der Waals surface area contributed by atoms with E-state index >= 15 is 0 Å². The molecule has 0 radical (unpaired) electrons. The minimum absolute atomic E-state index is 0.0228. The maximum atomic E-state index is 12.2. The van der Waals surface area contributed by atoms with Gasteiger partial charge in [0.15, 0.2) is 0 Å². The highest BCUT2D eigenvalue weighted by Crippen LogP contribution is 2.32. The first kappa shape index (κ1) is 17.1. The van der Waals surface area contributed by atoms with Crippen LogP contribution in [0.2, 0.25) is 0 Å². The average molecular weight is 364 g/mol. The lowest BCUT2D eigenvalue weighted by Gasteiger charge is -2.20. The van der Waals surface area contributed by atoms with Gasteiger partial charge in [-0.05, 0) is 19.1 Å². The van der Waals surface area contributed by atoms with E-state index in [0.717, 1.165) is 0 Å². The van der Waals surface area contributed by atoms with Crippen LogP contribution < -0.4 is 5.56 Å². The van der Waals surface area contributed by atoms with Crippen LogP contribution in [0.5, 0.6) is 0 Å². The van der Waals surface area contributed by atoms with Crippen LogP contribution >= 0.6 is 34.8 Å². The Morgan fingerprint density at radius 1 is 1.36 bits per heavy atom. The fourth-order valence-electron chi connectivity index (χ4n) is 1.80. The lowest BCUT2D eigenvalue weighted by Crippen LogP contribution is -2.29. The molecule has 1 aromatic carbocycles. The predicted octanol–water partition coefficient (Wildman–Crippen LogP) is 3.09. The quantitative estimate of drug-likeness (QED) is 0.618. The fraction of sp³-hybridized carbons (Fsp3) is 0.357. The van der Waals surface area contributed by atoms with E-state index < -0.39 is 15.9 Å². The molecule has 8 heteroatoms. The third kappa shape index (κ3) is 4.12. The topological polar surface area (TPSA) is 61.2 Å². The molecule has 0 fully saturated rings. The van der Waals surface area contributed by atoms with Crippen molar-refractivity contribution in [2.45, 2.75) is 29.8 Å². The van der Waals surface area contributed by atoms with Crippen molar-refractivity contribution in [2.75, 3.05) is 0 Å². The standard InChI is InChI=1S/C14H13Cl3N2O3/c1-9(14(15,16)17)22-12(20)6-7-19-8-18-11-5-3-2-4-10(11)13(19)21/h2-5,8-9H,6-7H2,1H3. The Kier molecular flexibility index (Phi) is 5.32. The van der Waals surface area contributed by atoms with E-state index in [1.54, 1.807) is 24.3 Å². The summed E-state index contributed by atoms with van der Waals surface area (Å²) in [5.41, 5.74) is 0.393. The van der Waals surface area contributed by atoms with E-state index in [-0.39, 0.29) is 18.5 Å². The van der Waals surface area contributed by atoms with Gasteiger partial charge in [-0.2, -0.15) is 0 Å². The molecule has 0 aliphatic heterocycles. The van der Waals surface area contributed by atoms with E-state index in [2.05, 4.69) is 4.98 Å². The molecule has 1 aromatic heterocycles. The number of halogens is 3. The van der Waals surface area contributed by atoms with E-state index in [1.807, 2.05) is 0 Å². The minimum atomic E-state index is -1.68. The Morgan fingerprint density at radius 2 is 2.05 bits per heavy atom. The zero-order valence-corrected chi connectivity index (χ0v) is 13.9. The van der Waals surface area contributed by atoms with Crippen molar-refractivity contribution in [1.82, 2.24) is 9.55 Å². The molecule has 1 unspecified atom stereocenters. The molecule has 1 heterocycles. The predicted molar refractivity (Wildman–Crippen MR) is 86.5 cm³/mol. The molecule has 118 valence electrons. The third-order valence-electron chi connectivity index (χ3n) is 3.06. The van der Waals surface area contributed by atoms with Crippen LogP contribution in [0.4, 0.5) is 0 Å². The number of aromatic nitrogens is 2.